The van der Waals surface area contributed by atoms with Crippen LogP contribution in [0.3, 0.4) is 0 Å². The van der Waals surface area contributed by atoms with Crippen molar-refractivity contribution in [3.63, 3.8) is 0 Å². The Bertz CT molecular complexity index is 1780. The van der Waals surface area contributed by atoms with Crippen LogP contribution in [0.5, 0.6) is 11.5 Å². The summed E-state index contributed by atoms with van der Waals surface area (Å²) in [5.41, 5.74) is 3.59. The van der Waals surface area contributed by atoms with Gasteiger partial charge < -0.3 is 14.8 Å². The van der Waals surface area contributed by atoms with Crippen molar-refractivity contribution >= 4 is 45.4 Å². The second kappa shape index (κ2) is 15.6. The molecule has 3 aromatic carbocycles. The molecule has 3 amide bonds. The Morgan fingerprint density at radius 2 is 1.78 bits per heavy atom. The van der Waals surface area contributed by atoms with Crippen molar-refractivity contribution < 1.29 is 27.8 Å². The molecule has 0 unspecified atom stereocenters. The number of imide groups is 1. The number of amides is 3. The third kappa shape index (κ3) is 9.08. The SMILES string of the molecule is COCCNCCc1cccc(-c2cc3nccc(Oc4ccc(SNC(=O)NC(=O)Cc5ccc(F)cc5)cc4F)c3s2)c1. The van der Waals surface area contributed by atoms with Crippen LogP contribution in [-0.4, -0.2) is 43.7 Å². The molecule has 12 heteroatoms. The predicted octanol–water partition coefficient (Wildman–Crippen LogP) is 6.89. The highest BCUT2D eigenvalue weighted by Crippen LogP contribution is 2.40. The molecule has 0 aliphatic rings. The van der Waals surface area contributed by atoms with Crippen molar-refractivity contribution in [3.05, 3.63) is 108 Å². The molecular weight excluding hydrogens is 619 g/mol. The second-order valence-electron chi connectivity index (χ2n) is 9.91. The molecule has 3 N–H and O–H groups in total. The standard InChI is InChI=1S/C33H30F2N4O4S2/c1-42-16-15-36-13-11-21-3-2-4-23(17-21)30-20-27-32(44-30)29(12-14-37-27)43-28-10-9-25(19-26(28)35)45-39-33(41)38-31(40)18-22-5-7-24(34)8-6-22/h2-10,12,14,17,19-20,36H,11,13,15-16,18H2,1H3,(H2,38,39,40,41). The Hall–Kier alpha value is -4.36. The van der Waals surface area contributed by atoms with Gasteiger partial charge in [0.1, 0.15) is 11.6 Å². The number of fused-ring (bicyclic) bond motifs is 1. The van der Waals surface area contributed by atoms with Gasteiger partial charge in [-0.3, -0.25) is 19.8 Å². The van der Waals surface area contributed by atoms with Gasteiger partial charge in [0, 0.05) is 35.7 Å². The number of carbonyl (C=O) groups is 2. The number of urea groups is 1. The van der Waals surface area contributed by atoms with Crippen LogP contribution in [0.15, 0.2) is 90.0 Å². The van der Waals surface area contributed by atoms with E-state index in [1.165, 1.54) is 53.3 Å². The zero-order valence-corrected chi connectivity index (χ0v) is 25.9. The first-order valence-corrected chi connectivity index (χ1v) is 15.7. The minimum atomic E-state index is -0.759. The number of methoxy groups -OCH3 is 1. The fraction of sp³-hybridized carbons (Fsp3) is 0.182. The van der Waals surface area contributed by atoms with Gasteiger partial charge in [-0.25, -0.2) is 13.6 Å². The number of pyridine rings is 1. The van der Waals surface area contributed by atoms with Gasteiger partial charge in [-0.05, 0) is 78.0 Å². The quantitative estimate of drug-likeness (QED) is 0.0945. The van der Waals surface area contributed by atoms with Crippen LogP contribution < -0.4 is 20.1 Å². The van der Waals surface area contributed by atoms with Gasteiger partial charge in [-0.2, -0.15) is 0 Å². The molecule has 0 spiro atoms. The van der Waals surface area contributed by atoms with Crippen molar-refractivity contribution in [1.29, 1.82) is 0 Å². The Balaban J connectivity index is 1.19. The van der Waals surface area contributed by atoms with Crippen LogP contribution >= 0.6 is 23.3 Å². The van der Waals surface area contributed by atoms with E-state index in [0.29, 0.717) is 22.8 Å². The summed E-state index contributed by atoms with van der Waals surface area (Å²) in [4.78, 5) is 30.1. The minimum Gasteiger partial charge on any atom is -0.453 e. The summed E-state index contributed by atoms with van der Waals surface area (Å²) in [7, 11) is 1.68. The lowest BCUT2D eigenvalue weighted by molar-refractivity contribution is -0.119. The Labute approximate surface area is 267 Å². The number of nitrogens with one attached hydrogen (secondary N) is 3. The first-order chi connectivity index (χ1) is 21.9. The molecular formula is C33H30F2N4O4S2. The van der Waals surface area contributed by atoms with Crippen molar-refractivity contribution in [2.75, 3.05) is 26.8 Å². The van der Waals surface area contributed by atoms with Gasteiger partial charge in [0.15, 0.2) is 11.6 Å². The van der Waals surface area contributed by atoms with Crippen LogP contribution in [0.1, 0.15) is 11.1 Å². The van der Waals surface area contributed by atoms with Gasteiger partial charge in [0.05, 0.1) is 23.2 Å². The molecule has 0 fully saturated rings. The summed E-state index contributed by atoms with van der Waals surface area (Å²) < 4.78 is 42.4. The predicted molar refractivity (Wildman–Crippen MR) is 173 cm³/mol. The van der Waals surface area contributed by atoms with Crippen molar-refractivity contribution in [2.24, 2.45) is 0 Å². The highest BCUT2D eigenvalue weighted by molar-refractivity contribution is 7.98. The molecule has 0 aliphatic carbocycles. The van der Waals surface area contributed by atoms with E-state index in [4.69, 9.17) is 9.47 Å². The topological polar surface area (TPSA) is 102 Å². The lowest BCUT2D eigenvalue weighted by atomic mass is 10.1. The molecule has 5 aromatic rings. The molecule has 2 heterocycles. The number of hydrogen-bond donors (Lipinski definition) is 3. The van der Waals surface area contributed by atoms with E-state index in [-0.39, 0.29) is 12.2 Å². The van der Waals surface area contributed by atoms with Crippen LogP contribution in [0, 0.1) is 11.6 Å². The Morgan fingerprint density at radius 1 is 0.933 bits per heavy atom. The molecule has 0 saturated carbocycles. The zero-order valence-electron chi connectivity index (χ0n) is 24.3. The molecule has 0 saturated heterocycles. The van der Waals surface area contributed by atoms with Crippen molar-refractivity contribution in [2.45, 2.75) is 17.7 Å². The molecule has 0 aliphatic heterocycles. The number of halogens is 2. The number of nitrogens with zero attached hydrogens (tertiary/aromatic N) is 1. The van der Waals surface area contributed by atoms with Crippen LogP contribution in [0.2, 0.25) is 0 Å². The minimum absolute atomic E-state index is 0.0173. The average molecular weight is 649 g/mol. The summed E-state index contributed by atoms with van der Waals surface area (Å²) in [5.74, 6) is -1.10. The summed E-state index contributed by atoms with van der Waals surface area (Å²) in [6.45, 7) is 2.33. The smallest absolute Gasteiger partial charge is 0.331 e. The van der Waals surface area contributed by atoms with E-state index in [9.17, 15) is 14.0 Å². The van der Waals surface area contributed by atoms with E-state index < -0.39 is 23.6 Å². The highest BCUT2D eigenvalue weighted by atomic mass is 32.2. The number of carbonyl (C=O) groups excluding carboxylic acids is 2. The van der Waals surface area contributed by atoms with E-state index in [1.54, 1.807) is 25.4 Å². The van der Waals surface area contributed by atoms with Crippen LogP contribution in [0.25, 0.3) is 20.7 Å². The maximum absolute atomic E-state index is 15.1. The van der Waals surface area contributed by atoms with Crippen LogP contribution in [-0.2, 0) is 22.4 Å². The number of thiophene rings is 1. The van der Waals surface area contributed by atoms with Gasteiger partial charge >= 0.3 is 6.03 Å². The van der Waals surface area contributed by atoms with Crippen molar-refractivity contribution in [1.82, 2.24) is 20.3 Å². The highest BCUT2D eigenvalue weighted by Gasteiger charge is 2.15. The second-order valence-corrected chi connectivity index (χ2v) is 11.8. The maximum Gasteiger partial charge on any atom is 0.331 e. The average Bonchev–Trinajstić information content (AvgIpc) is 3.48. The lowest BCUT2D eigenvalue weighted by Gasteiger charge is -2.10. The van der Waals surface area contributed by atoms with Gasteiger partial charge in [-0.15, -0.1) is 11.3 Å². The molecule has 45 heavy (non-hydrogen) atoms. The summed E-state index contributed by atoms with van der Waals surface area (Å²) in [6, 6.07) is 21.0. The van der Waals surface area contributed by atoms with Gasteiger partial charge in [0.2, 0.25) is 5.91 Å². The molecule has 0 atom stereocenters. The number of aromatic nitrogens is 1. The van der Waals surface area contributed by atoms with Crippen LogP contribution in [0.4, 0.5) is 13.6 Å². The third-order valence-electron chi connectivity index (χ3n) is 6.58. The number of ether oxygens (including phenoxy) is 2. The maximum atomic E-state index is 15.1. The number of rotatable bonds is 13. The third-order valence-corrected chi connectivity index (χ3v) is 8.54. The van der Waals surface area contributed by atoms with E-state index >= 15 is 4.39 Å². The molecule has 0 bridgehead atoms. The Morgan fingerprint density at radius 3 is 2.58 bits per heavy atom. The fourth-order valence-electron chi connectivity index (χ4n) is 4.39. The summed E-state index contributed by atoms with van der Waals surface area (Å²) >= 11 is 2.36. The lowest BCUT2D eigenvalue weighted by Crippen LogP contribution is -2.37. The molecule has 8 nitrogen and oxygen atoms in total. The summed E-state index contributed by atoms with van der Waals surface area (Å²) in [6.07, 6.45) is 2.42. The normalized spacial score (nSPS) is 11.0. The first kappa shape index (κ1) is 32.0. The number of hydrogen-bond acceptors (Lipinski definition) is 8. The van der Waals surface area contributed by atoms with E-state index in [0.717, 1.165) is 52.1 Å². The molecule has 5 rings (SSSR count). The largest absolute Gasteiger partial charge is 0.453 e. The molecule has 232 valence electrons. The van der Waals surface area contributed by atoms with Crippen molar-refractivity contribution in [3.8, 4) is 21.9 Å². The Kier molecular flexibility index (Phi) is 11.1. The molecule has 0 radical (unpaired) electrons. The first-order valence-electron chi connectivity index (χ1n) is 14.0. The number of benzene rings is 3. The molecule has 2 aromatic heterocycles. The van der Waals surface area contributed by atoms with E-state index in [1.807, 2.05) is 12.1 Å². The fourth-order valence-corrected chi connectivity index (χ4v) is 6.01. The zero-order chi connectivity index (χ0) is 31.6. The van der Waals surface area contributed by atoms with E-state index in [2.05, 4.69) is 38.5 Å². The summed E-state index contributed by atoms with van der Waals surface area (Å²) in [5, 5.41) is 5.55. The monoisotopic (exact) mass is 648 g/mol. The van der Waals surface area contributed by atoms with Gasteiger partial charge in [-0.1, -0.05) is 36.4 Å². The van der Waals surface area contributed by atoms with Gasteiger partial charge in [0.25, 0.3) is 0 Å².